The maximum absolute atomic E-state index is 5.77. The first-order chi connectivity index (χ1) is 11.8. The van der Waals surface area contributed by atoms with Crippen LogP contribution in [0.25, 0.3) is 0 Å². The molecule has 0 spiro atoms. The molecule has 1 aromatic carbocycles. The van der Waals surface area contributed by atoms with E-state index in [2.05, 4.69) is 19.9 Å². The van der Waals surface area contributed by atoms with Crippen LogP contribution in [0.3, 0.4) is 0 Å². The first kappa shape index (κ1) is 19.1. The maximum Gasteiger partial charge on any atom is 0.119 e. The van der Waals surface area contributed by atoms with Gasteiger partial charge in [-0.3, -0.25) is 0 Å². The van der Waals surface area contributed by atoms with Gasteiger partial charge in [-0.25, -0.2) is 0 Å². The van der Waals surface area contributed by atoms with Gasteiger partial charge < -0.3 is 4.74 Å². The van der Waals surface area contributed by atoms with Crippen LogP contribution >= 0.6 is 0 Å². The van der Waals surface area contributed by atoms with E-state index in [4.69, 9.17) is 4.74 Å². The molecular weight excluding hydrogens is 292 g/mol. The van der Waals surface area contributed by atoms with Crippen molar-refractivity contribution in [2.45, 2.75) is 78.1 Å². The van der Waals surface area contributed by atoms with Crippen LogP contribution in [-0.2, 0) is 0 Å². The van der Waals surface area contributed by atoms with Crippen molar-refractivity contribution < 1.29 is 4.74 Å². The van der Waals surface area contributed by atoms with Gasteiger partial charge in [0.05, 0.1) is 6.61 Å². The van der Waals surface area contributed by atoms with E-state index in [0.29, 0.717) is 0 Å². The van der Waals surface area contributed by atoms with Crippen molar-refractivity contribution in [2.24, 2.45) is 11.8 Å². The smallest absolute Gasteiger partial charge is 0.119 e. The molecule has 1 aliphatic rings. The zero-order valence-corrected chi connectivity index (χ0v) is 15.8. The lowest BCUT2D eigenvalue weighted by molar-refractivity contribution is 0.296. The number of rotatable bonds is 11. The van der Waals surface area contributed by atoms with Crippen LogP contribution in [0.4, 0.5) is 0 Å². The fourth-order valence-electron chi connectivity index (χ4n) is 3.77. The van der Waals surface area contributed by atoms with E-state index in [0.717, 1.165) is 30.6 Å². The predicted molar refractivity (Wildman–Crippen MR) is 105 cm³/mol. The van der Waals surface area contributed by atoms with Crippen molar-refractivity contribution in [1.82, 2.24) is 0 Å². The van der Waals surface area contributed by atoms with Crippen molar-refractivity contribution in [3.63, 3.8) is 0 Å². The topological polar surface area (TPSA) is 9.23 Å². The third-order valence-corrected chi connectivity index (χ3v) is 5.52. The van der Waals surface area contributed by atoms with E-state index in [1.807, 2.05) is 30.3 Å². The van der Waals surface area contributed by atoms with E-state index in [9.17, 15) is 0 Å². The summed E-state index contributed by atoms with van der Waals surface area (Å²) in [6.45, 7) is 5.61. The second-order valence-corrected chi connectivity index (χ2v) is 7.49. The fourth-order valence-corrected chi connectivity index (χ4v) is 3.77. The maximum atomic E-state index is 5.77. The second-order valence-electron chi connectivity index (χ2n) is 7.49. The Morgan fingerprint density at radius 1 is 1.08 bits per heavy atom. The molecule has 1 nitrogen and oxygen atoms in total. The number of para-hydroxylation sites is 1. The van der Waals surface area contributed by atoms with Crippen LogP contribution in [0.5, 0.6) is 5.75 Å². The highest BCUT2D eigenvalue weighted by atomic mass is 16.5. The minimum Gasteiger partial charge on any atom is -0.494 e. The van der Waals surface area contributed by atoms with Crippen LogP contribution in [0, 0.1) is 11.8 Å². The number of hydrogen-bond donors (Lipinski definition) is 0. The van der Waals surface area contributed by atoms with Gasteiger partial charge in [-0.05, 0) is 62.5 Å². The summed E-state index contributed by atoms with van der Waals surface area (Å²) in [7, 11) is 0. The van der Waals surface area contributed by atoms with E-state index in [1.165, 1.54) is 57.8 Å². The SMILES string of the molecule is CCCCCC(C)C1CC=C(CCCCOc2ccccc2)CC1. The second kappa shape index (κ2) is 11.3. The van der Waals surface area contributed by atoms with Gasteiger partial charge in [0.2, 0.25) is 0 Å². The summed E-state index contributed by atoms with van der Waals surface area (Å²) in [6.07, 6.45) is 15.9. The molecule has 0 bridgehead atoms. The molecule has 0 N–H and O–H groups in total. The molecule has 0 radical (unpaired) electrons. The van der Waals surface area contributed by atoms with Gasteiger partial charge in [0, 0.05) is 0 Å². The highest BCUT2D eigenvalue weighted by Crippen LogP contribution is 2.33. The average molecular weight is 329 g/mol. The quantitative estimate of drug-likeness (QED) is 0.309. The van der Waals surface area contributed by atoms with Crippen LogP contribution in [0.15, 0.2) is 42.0 Å². The van der Waals surface area contributed by atoms with Crippen LogP contribution in [0.1, 0.15) is 78.1 Å². The molecule has 2 rings (SSSR count). The molecule has 24 heavy (non-hydrogen) atoms. The minimum atomic E-state index is 0.842. The van der Waals surface area contributed by atoms with Crippen molar-refractivity contribution in [3.05, 3.63) is 42.0 Å². The number of benzene rings is 1. The van der Waals surface area contributed by atoms with Crippen molar-refractivity contribution in [2.75, 3.05) is 6.61 Å². The zero-order chi connectivity index (χ0) is 17.0. The lowest BCUT2D eigenvalue weighted by atomic mass is 9.78. The lowest BCUT2D eigenvalue weighted by Crippen LogP contribution is -2.15. The minimum absolute atomic E-state index is 0.842. The highest BCUT2D eigenvalue weighted by molar-refractivity contribution is 5.20. The summed E-state index contributed by atoms with van der Waals surface area (Å²) < 4.78 is 5.77. The number of unbranched alkanes of at least 4 members (excludes halogenated alkanes) is 3. The zero-order valence-electron chi connectivity index (χ0n) is 15.8. The third kappa shape index (κ3) is 7.11. The molecule has 0 aliphatic heterocycles. The Labute approximate surface area is 149 Å². The molecule has 1 heteroatoms. The van der Waals surface area contributed by atoms with E-state index < -0.39 is 0 Å². The summed E-state index contributed by atoms with van der Waals surface area (Å²) in [6, 6.07) is 10.2. The van der Waals surface area contributed by atoms with E-state index in [-0.39, 0.29) is 0 Å². The van der Waals surface area contributed by atoms with Crippen molar-refractivity contribution in [1.29, 1.82) is 0 Å². The molecule has 0 amide bonds. The average Bonchev–Trinajstić information content (AvgIpc) is 2.63. The predicted octanol–water partition coefficient (Wildman–Crippen LogP) is 7.18. The largest absolute Gasteiger partial charge is 0.494 e. The summed E-state index contributed by atoms with van der Waals surface area (Å²) in [4.78, 5) is 0. The number of allylic oxidation sites excluding steroid dienone is 2. The van der Waals surface area contributed by atoms with Crippen LogP contribution < -0.4 is 4.74 Å². The summed E-state index contributed by atoms with van der Waals surface area (Å²) in [5, 5.41) is 0. The number of ether oxygens (including phenoxy) is 1. The van der Waals surface area contributed by atoms with Gasteiger partial charge in [-0.1, -0.05) is 69.4 Å². The molecule has 134 valence electrons. The molecule has 0 saturated heterocycles. The Morgan fingerprint density at radius 3 is 2.62 bits per heavy atom. The van der Waals surface area contributed by atoms with Crippen LogP contribution in [0.2, 0.25) is 0 Å². The Bertz CT molecular complexity index is 462. The molecule has 0 aromatic heterocycles. The van der Waals surface area contributed by atoms with E-state index in [1.54, 1.807) is 5.57 Å². The molecule has 2 unspecified atom stereocenters. The number of hydrogen-bond acceptors (Lipinski definition) is 1. The van der Waals surface area contributed by atoms with Crippen molar-refractivity contribution >= 4 is 0 Å². The molecule has 1 aliphatic carbocycles. The van der Waals surface area contributed by atoms with Gasteiger partial charge in [0.1, 0.15) is 5.75 Å². The normalized spacial score (nSPS) is 18.9. The van der Waals surface area contributed by atoms with Gasteiger partial charge in [0.25, 0.3) is 0 Å². The van der Waals surface area contributed by atoms with Gasteiger partial charge in [-0.15, -0.1) is 0 Å². The monoisotopic (exact) mass is 328 g/mol. The molecule has 0 fully saturated rings. The molecule has 0 heterocycles. The third-order valence-electron chi connectivity index (χ3n) is 5.52. The Hall–Kier alpha value is -1.24. The Balaban J connectivity index is 1.56. The molecule has 1 aromatic rings. The Morgan fingerprint density at radius 2 is 1.92 bits per heavy atom. The molecule has 0 saturated carbocycles. The van der Waals surface area contributed by atoms with Gasteiger partial charge in [0.15, 0.2) is 0 Å². The van der Waals surface area contributed by atoms with Crippen LogP contribution in [-0.4, -0.2) is 6.61 Å². The summed E-state index contributed by atoms with van der Waals surface area (Å²) in [5.74, 6) is 2.84. The Kier molecular flexibility index (Phi) is 9.02. The summed E-state index contributed by atoms with van der Waals surface area (Å²) >= 11 is 0. The lowest BCUT2D eigenvalue weighted by Gasteiger charge is -2.27. The molecular formula is C23H36O. The standard InChI is InChI=1S/C23H36O/c1-3-4-6-11-20(2)22-17-15-21(16-18-22)12-9-10-19-24-23-13-7-5-8-14-23/h5,7-8,13-15,20,22H,3-4,6,9-12,16-19H2,1-2H3. The van der Waals surface area contributed by atoms with Crippen molar-refractivity contribution in [3.8, 4) is 5.75 Å². The van der Waals surface area contributed by atoms with Gasteiger partial charge in [-0.2, -0.15) is 0 Å². The van der Waals surface area contributed by atoms with Gasteiger partial charge >= 0.3 is 0 Å². The fraction of sp³-hybridized carbons (Fsp3) is 0.652. The van der Waals surface area contributed by atoms with E-state index >= 15 is 0 Å². The summed E-state index contributed by atoms with van der Waals surface area (Å²) in [5.41, 5.74) is 1.70. The highest BCUT2D eigenvalue weighted by Gasteiger charge is 2.19. The first-order valence-electron chi connectivity index (χ1n) is 10.2. The first-order valence-corrected chi connectivity index (χ1v) is 10.2. The molecule has 2 atom stereocenters.